The smallest absolute Gasteiger partial charge is 0.161 e. The van der Waals surface area contributed by atoms with E-state index in [4.69, 9.17) is 56.8 Å². The lowest BCUT2D eigenvalue weighted by Crippen LogP contribution is -2.41. The van der Waals surface area contributed by atoms with E-state index in [1.165, 1.54) is 334 Å². The van der Waals surface area contributed by atoms with Gasteiger partial charge in [0.1, 0.15) is 0 Å². The molecule has 0 saturated carbocycles. The zero-order valence-corrected chi connectivity index (χ0v) is 82.9. The molecule has 0 saturated heterocycles. The van der Waals surface area contributed by atoms with Crippen molar-refractivity contribution in [2.24, 2.45) is 5.41 Å². The van der Waals surface area contributed by atoms with Crippen LogP contribution in [0.4, 0.5) is 0 Å². The van der Waals surface area contributed by atoms with Crippen LogP contribution in [-0.2, 0) is 45.4 Å². The Kier molecular flexibility index (Phi) is 75.1. The molecule has 0 heterocycles. The van der Waals surface area contributed by atoms with Crippen LogP contribution in [0.25, 0.3) is 0 Å². The minimum absolute atomic E-state index is 0.285. The van der Waals surface area contributed by atoms with E-state index in [0.717, 1.165) is 145 Å². The molecule has 0 fully saturated rings. The van der Waals surface area contributed by atoms with Crippen molar-refractivity contribution in [3.63, 3.8) is 0 Å². The molecule has 4 aromatic rings. The number of hydrogen-bond acceptors (Lipinski definition) is 12. The van der Waals surface area contributed by atoms with Gasteiger partial charge in [0.05, 0.1) is 111 Å². The molecular formula is C113H196O12. The fourth-order valence-electron chi connectivity index (χ4n) is 16.6. The van der Waals surface area contributed by atoms with Crippen LogP contribution >= 0.6 is 0 Å². The van der Waals surface area contributed by atoms with Gasteiger partial charge in [-0.3, -0.25) is 0 Å². The Morgan fingerprint density at radius 1 is 0.152 bits per heavy atom. The Labute approximate surface area is 770 Å². The van der Waals surface area contributed by atoms with E-state index >= 15 is 0 Å². The monoisotopic (exact) mass is 1750 g/mol. The lowest BCUT2D eigenvalue weighted by atomic mass is 9.92. The van der Waals surface area contributed by atoms with Gasteiger partial charge in [-0.1, -0.05) is 439 Å². The maximum atomic E-state index is 7.15. The molecule has 0 aliphatic carbocycles. The van der Waals surface area contributed by atoms with Crippen LogP contribution in [0.2, 0.25) is 0 Å². The molecule has 720 valence electrons. The molecule has 0 aromatic heterocycles. The minimum Gasteiger partial charge on any atom is -0.490 e. The molecule has 0 radical (unpaired) electrons. The van der Waals surface area contributed by atoms with Crippen LogP contribution in [-0.4, -0.2) is 79.3 Å². The van der Waals surface area contributed by atoms with Crippen LogP contribution in [0.5, 0.6) is 46.0 Å². The first-order valence-corrected chi connectivity index (χ1v) is 53.7. The number of rotatable bonds is 96. The Morgan fingerprint density at radius 3 is 0.424 bits per heavy atom. The molecule has 0 bridgehead atoms. The topological polar surface area (TPSA) is 111 Å². The number of ether oxygens (including phenoxy) is 12. The van der Waals surface area contributed by atoms with E-state index in [2.05, 4.69) is 128 Å². The molecule has 4 rings (SSSR count). The summed E-state index contributed by atoms with van der Waals surface area (Å²) in [6, 6.07) is 25.7. The fraction of sp³-hybridized carbons (Fsp3) is 0.788. The van der Waals surface area contributed by atoms with Crippen LogP contribution < -0.4 is 37.9 Å². The third kappa shape index (κ3) is 61.4. The largest absolute Gasteiger partial charge is 0.490 e. The van der Waals surface area contributed by atoms with Crippen molar-refractivity contribution in [2.75, 3.05) is 79.3 Å². The highest BCUT2D eigenvalue weighted by atomic mass is 16.5. The second-order valence-electron chi connectivity index (χ2n) is 37.2. The standard InChI is InChI=1S/C113H196O12/c1-9-17-25-33-41-49-57-65-81-118-105-77-73-101(89-109(105)122-85-69-61-53-45-37-29-21-13-5)93-114-97-113(98-115-94-102-74-78-106(119-82-66-58-50-42-34-26-18-10-2)110(90-102)123-86-70-62-54-46-38-30-22-14-6,99-116-95-103-75-79-107(120-83-67-59-51-43-35-27-19-11-3)111(91-103)124-87-71-63-55-47-39-31-23-15-7)100-117-96-104-76-80-108(121-84-68-60-52-44-36-28-20-12-4)112(92-104)125-88-72-64-56-48-40-32-24-16-8/h73-80,89-92H,9-72,81-88,93-100H2,1-8H3. The van der Waals surface area contributed by atoms with Gasteiger partial charge in [0.2, 0.25) is 0 Å². The van der Waals surface area contributed by atoms with Crippen molar-refractivity contribution in [1.29, 1.82) is 0 Å². The van der Waals surface area contributed by atoms with E-state index < -0.39 is 5.41 Å². The van der Waals surface area contributed by atoms with E-state index in [-0.39, 0.29) is 26.4 Å². The van der Waals surface area contributed by atoms with Crippen molar-refractivity contribution in [3.05, 3.63) is 95.1 Å². The van der Waals surface area contributed by atoms with E-state index in [9.17, 15) is 0 Å². The summed E-state index contributed by atoms with van der Waals surface area (Å²) in [6.45, 7) is 26.1. The van der Waals surface area contributed by atoms with Gasteiger partial charge in [0.25, 0.3) is 0 Å². The summed E-state index contributed by atoms with van der Waals surface area (Å²) in [4.78, 5) is 0. The number of unbranched alkanes of at least 4 members (excludes halogenated alkanes) is 56. The molecular weight excluding hydrogens is 1550 g/mol. The van der Waals surface area contributed by atoms with E-state index in [0.29, 0.717) is 79.3 Å². The zero-order valence-electron chi connectivity index (χ0n) is 82.9. The fourth-order valence-corrected chi connectivity index (χ4v) is 16.6. The molecule has 0 unspecified atom stereocenters. The van der Waals surface area contributed by atoms with Gasteiger partial charge in [-0.25, -0.2) is 0 Å². The summed E-state index contributed by atoms with van der Waals surface area (Å²) in [5, 5.41) is 0. The predicted molar refractivity (Wildman–Crippen MR) is 532 cm³/mol. The summed E-state index contributed by atoms with van der Waals surface area (Å²) in [6.07, 6.45) is 79.8. The Bertz CT molecular complexity index is 2590. The van der Waals surface area contributed by atoms with E-state index in [1.54, 1.807) is 0 Å². The van der Waals surface area contributed by atoms with Crippen LogP contribution in [0.1, 0.15) is 489 Å². The minimum atomic E-state index is -0.798. The summed E-state index contributed by atoms with van der Waals surface area (Å²) in [7, 11) is 0. The highest BCUT2D eigenvalue weighted by Gasteiger charge is 2.34. The summed E-state index contributed by atoms with van der Waals surface area (Å²) in [5.41, 5.74) is 3.27. The van der Waals surface area contributed by atoms with Crippen molar-refractivity contribution in [3.8, 4) is 46.0 Å². The van der Waals surface area contributed by atoms with Gasteiger partial charge in [0, 0.05) is 0 Å². The third-order valence-corrected chi connectivity index (χ3v) is 24.8. The second kappa shape index (κ2) is 83.5. The normalized spacial score (nSPS) is 11.6. The summed E-state index contributed by atoms with van der Waals surface area (Å²) >= 11 is 0. The first-order chi connectivity index (χ1) is 61.8. The van der Waals surface area contributed by atoms with Gasteiger partial charge in [-0.05, 0) is 122 Å². The second-order valence-corrected chi connectivity index (χ2v) is 37.2. The molecule has 0 amide bonds. The maximum Gasteiger partial charge on any atom is 0.161 e. The van der Waals surface area contributed by atoms with Crippen LogP contribution in [0, 0.1) is 5.41 Å². The van der Waals surface area contributed by atoms with Crippen molar-refractivity contribution in [2.45, 2.75) is 493 Å². The van der Waals surface area contributed by atoms with Crippen LogP contribution in [0.3, 0.4) is 0 Å². The average molecular weight is 1750 g/mol. The van der Waals surface area contributed by atoms with Gasteiger partial charge in [-0.15, -0.1) is 0 Å². The Morgan fingerprint density at radius 2 is 0.280 bits per heavy atom. The van der Waals surface area contributed by atoms with Crippen molar-refractivity contribution >= 4 is 0 Å². The van der Waals surface area contributed by atoms with Crippen molar-refractivity contribution in [1.82, 2.24) is 0 Å². The number of benzene rings is 4. The highest BCUT2D eigenvalue weighted by molar-refractivity contribution is 5.45. The SMILES string of the molecule is CCCCCCCCCCOc1ccc(COCC(COCc2ccc(OCCCCCCCCCC)c(OCCCCCCCCCC)c2)(COCc2ccc(OCCCCCCCCCC)c(OCCCCCCCCCC)c2)COCc2ccc(OCCCCCCCCCC)c(OCCCCCCCCCC)c2)cc1OCCCCCCCCCC. The molecule has 0 N–H and O–H groups in total. The Hall–Kier alpha value is -4.88. The maximum absolute atomic E-state index is 7.15. The van der Waals surface area contributed by atoms with Gasteiger partial charge in [0.15, 0.2) is 46.0 Å². The predicted octanol–water partition coefficient (Wildman–Crippen LogP) is 35.0. The zero-order chi connectivity index (χ0) is 89.0. The molecule has 0 spiro atoms. The van der Waals surface area contributed by atoms with Crippen LogP contribution in [0.15, 0.2) is 72.8 Å². The van der Waals surface area contributed by atoms with Gasteiger partial charge < -0.3 is 56.8 Å². The molecule has 4 aromatic carbocycles. The molecule has 125 heavy (non-hydrogen) atoms. The van der Waals surface area contributed by atoms with Gasteiger partial charge >= 0.3 is 0 Å². The first kappa shape index (κ1) is 112. The summed E-state index contributed by atoms with van der Waals surface area (Å²) < 4.78 is 82.0. The molecule has 12 nitrogen and oxygen atoms in total. The number of hydrogen-bond donors (Lipinski definition) is 0. The molecule has 12 heteroatoms. The lowest BCUT2D eigenvalue weighted by Gasteiger charge is -2.33. The summed E-state index contributed by atoms with van der Waals surface area (Å²) in [5.74, 6) is 6.38. The van der Waals surface area contributed by atoms with Gasteiger partial charge in [-0.2, -0.15) is 0 Å². The molecule has 0 aliphatic heterocycles. The van der Waals surface area contributed by atoms with E-state index in [1.807, 2.05) is 0 Å². The highest BCUT2D eigenvalue weighted by Crippen LogP contribution is 2.36. The molecule has 0 atom stereocenters. The first-order valence-electron chi connectivity index (χ1n) is 53.7. The molecule has 0 aliphatic rings. The third-order valence-electron chi connectivity index (χ3n) is 24.8. The lowest BCUT2D eigenvalue weighted by molar-refractivity contribution is -0.117. The van der Waals surface area contributed by atoms with Crippen molar-refractivity contribution < 1.29 is 56.8 Å². The quantitative estimate of drug-likeness (QED) is 0.0393. The Balaban J connectivity index is 1.79. The average Bonchev–Trinajstić information content (AvgIpc) is 0.848.